The van der Waals surface area contributed by atoms with Crippen LogP contribution in [0.3, 0.4) is 0 Å². The maximum Gasteiger partial charge on any atom is 0.407 e. The van der Waals surface area contributed by atoms with E-state index >= 15 is 0 Å². The van der Waals surface area contributed by atoms with E-state index in [9.17, 15) is 19.4 Å². The molecule has 0 fully saturated rings. The molecule has 3 N–H and O–H groups in total. The summed E-state index contributed by atoms with van der Waals surface area (Å²) < 4.78 is 18.4. The number of aliphatic hydroxyl groups excluding tert-OH is 2. The highest BCUT2D eigenvalue weighted by Crippen LogP contribution is 2.23. The summed E-state index contributed by atoms with van der Waals surface area (Å²) in [7, 11) is 0. The molecule has 2 atom stereocenters. The second kappa shape index (κ2) is 8.77. The van der Waals surface area contributed by atoms with Crippen LogP contribution in [0.1, 0.15) is 17.2 Å². The molecule has 0 bridgehead atoms. The third kappa shape index (κ3) is 5.30. The van der Waals surface area contributed by atoms with Crippen LogP contribution in [0.15, 0.2) is 53.0 Å². The number of nitrogens with one attached hydrogen (secondary N) is 1. The standard InChI is InChI=1S/C17H17BrFNO4/c18-13-8-12(6-7-14(13)19)16(22)15(21)9-20-17(23)24-10-11-4-2-1-3-5-11/h1-8,15-16,21-22H,9-10H2,(H,20,23). The van der Waals surface area contributed by atoms with E-state index in [2.05, 4.69) is 21.2 Å². The van der Waals surface area contributed by atoms with E-state index in [0.29, 0.717) is 5.56 Å². The van der Waals surface area contributed by atoms with Crippen LogP contribution in [-0.2, 0) is 11.3 Å². The van der Waals surface area contributed by atoms with Crippen LogP contribution in [0, 0.1) is 5.82 Å². The minimum Gasteiger partial charge on any atom is -0.445 e. The molecule has 0 saturated heterocycles. The zero-order chi connectivity index (χ0) is 17.5. The van der Waals surface area contributed by atoms with Gasteiger partial charge < -0.3 is 20.3 Å². The molecule has 0 spiro atoms. The normalized spacial score (nSPS) is 13.2. The first kappa shape index (κ1) is 18.4. The van der Waals surface area contributed by atoms with E-state index in [1.165, 1.54) is 18.2 Å². The first-order valence-electron chi connectivity index (χ1n) is 7.23. The van der Waals surface area contributed by atoms with Crippen LogP contribution in [0.4, 0.5) is 9.18 Å². The number of carbonyl (C=O) groups excluding carboxylic acids is 1. The Morgan fingerprint density at radius 3 is 2.58 bits per heavy atom. The van der Waals surface area contributed by atoms with Gasteiger partial charge in [-0.25, -0.2) is 9.18 Å². The number of aliphatic hydroxyl groups is 2. The van der Waals surface area contributed by atoms with Crippen molar-refractivity contribution in [2.45, 2.75) is 18.8 Å². The van der Waals surface area contributed by atoms with Crippen molar-refractivity contribution in [2.24, 2.45) is 0 Å². The predicted molar refractivity (Wildman–Crippen MR) is 89.7 cm³/mol. The lowest BCUT2D eigenvalue weighted by atomic mass is 10.0. The highest BCUT2D eigenvalue weighted by molar-refractivity contribution is 9.10. The summed E-state index contributed by atoms with van der Waals surface area (Å²) in [6.07, 6.45) is -3.23. The van der Waals surface area contributed by atoms with E-state index in [0.717, 1.165) is 5.56 Å². The average molecular weight is 398 g/mol. The molecule has 0 aromatic heterocycles. The number of carbonyl (C=O) groups is 1. The topological polar surface area (TPSA) is 78.8 Å². The van der Waals surface area contributed by atoms with Gasteiger partial charge in [0.1, 0.15) is 24.6 Å². The molecule has 128 valence electrons. The summed E-state index contributed by atoms with van der Waals surface area (Å²) in [5.74, 6) is -0.469. The lowest BCUT2D eigenvalue weighted by Gasteiger charge is -2.19. The Hall–Kier alpha value is -1.96. The molecule has 0 radical (unpaired) electrons. The molecule has 2 unspecified atom stereocenters. The molecular weight excluding hydrogens is 381 g/mol. The lowest BCUT2D eigenvalue weighted by Crippen LogP contribution is -2.35. The lowest BCUT2D eigenvalue weighted by molar-refractivity contribution is 0.0183. The van der Waals surface area contributed by atoms with Gasteiger partial charge >= 0.3 is 6.09 Å². The number of ether oxygens (including phenoxy) is 1. The third-order valence-corrected chi connectivity index (χ3v) is 3.93. The summed E-state index contributed by atoms with van der Waals surface area (Å²) >= 11 is 3.01. The van der Waals surface area contributed by atoms with Crippen molar-refractivity contribution >= 4 is 22.0 Å². The smallest absolute Gasteiger partial charge is 0.407 e. The fraction of sp³-hybridized carbons (Fsp3) is 0.235. The first-order valence-corrected chi connectivity index (χ1v) is 8.02. The molecule has 0 aliphatic carbocycles. The van der Waals surface area contributed by atoms with Crippen molar-refractivity contribution in [1.29, 1.82) is 0 Å². The third-order valence-electron chi connectivity index (χ3n) is 3.32. The minimum absolute atomic E-state index is 0.107. The molecule has 1 amide bonds. The van der Waals surface area contributed by atoms with Crippen LogP contribution < -0.4 is 5.32 Å². The molecule has 0 saturated carbocycles. The molecule has 0 aliphatic rings. The largest absolute Gasteiger partial charge is 0.445 e. The van der Waals surface area contributed by atoms with Gasteiger partial charge in [-0.15, -0.1) is 0 Å². The van der Waals surface area contributed by atoms with Gasteiger partial charge in [-0.2, -0.15) is 0 Å². The highest BCUT2D eigenvalue weighted by atomic mass is 79.9. The van der Waals surface area contributed by atoms with Crippen molar-refractivity contribution in [3.63, 3.8) is 0 Å². The van der Waals surface area contributed by atoms with Gasteiger partial charge in [0.05, 0.1) is 4.47 Å². The van der Waals surface area contributed by atoms with Gasteiger partial charge in [-0.1, -0.05) is 36.4 Å². The zero-order valence-corrected chi connectivity index (χ0v) is 14.2. The number of alkyl carbamates (subject to hydrolysis) is 1. The Morgan fingerprint density at radius 1 is 1.21 bits per heavy atom. The van der Waals surface area contributed by atoms with E-state index < -0.39 is 24.1 Å². The van der Waals surface area contributed by atoms with Crippen molar-refractivity contribution in [2.75, 3.05) is 6.54 Å². The quantitative estimate of drug-likeness (QED) is 0.699. The summed E-state index contributed by atoms with van der Waals surface area (Å²) in [6.45, 7) is -0.0972. The van der Waals surface area contributed by atoms with E-state index in [-0.39, 0.29) is 17.6 Å². The van der Waals surface area contributed by atoms with Gasteiger partial charge in [-0.3, -0.25) is 0 Å². The van der Waals surface area contributed by atoms with Crippen LogP contribution in [0.2, 0.25) is 0 Å². The number of rotatable bonds is 6. The molecule has 0 aliphatic heterocycles. The van der Waals surface area contributed by atoms with E-state index in [1.807, 2.05) is 30.3 Å². The Labute approximate surface area is 147 Å². The number of benzene rings is 2. The van der Waals surface area contributed by atoms with Crippen molar-refractivity contribution in [3.05, 3.63) is 69.9 Å². The summed E-state index contributed by atoms with van der Waals surface area (Å²) in [4.78, 5) is 11.6. The summed E-state index contributed by atoms with van der Waals surface area (Å²) in [5.41, 5.74) is 1.17. The second-order valence-corrected chi connectivity index (χ2v) is 5.98. The molecule has 2 aromatic carbocycles. The predicted octanol–water partition coefficient (Wildman–Crippen LogP) is 2.91. The molecule has 2 aromatic rings. The number of hydrogen-bond acceptors (Lipinski definition) is 4. The van der Waals surface area contributed by atoms with Gasteiger partial charge in [0.15, 0.2) is 0 Å². The molecule has 5 nitrogen and oxygen atoms in total. The molecule has 2 rings (SSSR count). The van der Waals surface area contributed by atoms with Gasteiger partial charge in [0.2, 0.25) is 0 Å². The van der Waals surface area contributed by atoms with E-state index in [4.69, 9.17) is 4.74 Å². The first-order chi connectivity index (χ1) is 11.5. The number of halogens is 2. The van der Waals surface area contributed by atoms with Crippen molar-refractivity contribution in [3.8, 4) is 0 Å². The van der Waals surface area contributed by atoms with Crippen LogP contribution in [0.5, 0.6) is 0 Å². The number of hydrogen-bond donors (Lipinski definition) is 3. The number of amides is 1. The monoisotopic (exact) mass is 397 g/mol. The maximum absolute atomic E-state index is 13.2. The van der Waals surface area contributed by atoms with Gasteiger partial charge in [0, 0.05) is 6.54 Å². The second-order valence-electron chi connectivity index (χ2n) is 5.13. The Morgan fingerprint density at radius 2 is 1.92 bits per heavy atom. The van der Waals surface area contributed by atoms with Crippen molar-refractivity contribution in [1.82, 2.24) is 5.32 Å². The fourth-order valence-corrected chi connectivity index (χ4v) is 2.39. The Bertz CT molecular complexity index is 684. The van der Waals surface area contributed by atoms with Crippen molar-refractivity contribution < 1.29 is 24.1 Å². The molecule has 24 heavy (non-hydrogen) atoms. The zero-order valence-electron chi connectivity index (χ0n) is 12.7. The summed E-state index contributed by atoms with van der Waals surface area (Å²) in [5, 5.41) is 22.3. The van der Waals surface area contributed by atoms with Gasteiger partial charge in [-0.05, 0) is 39.2 Å². The van der Waals surface area contributed by atoms with Gasteiger partial charge in [0.25, 0.3) is 0 Å². The SMILES string of the molecule is O=C(NCC(O)C(O)c1ccc(F)c(Br)c1)OCc1ccccc1. The molecular formula is C17H17BrFNO4. The molecule has 7 heteroatoms. The molecule has 0 heterocycles. The summed E-state index contributed by atoms with van der Waals surface area (Å²) in [6, 6.07) is 13.1. The maximum atomic E-state index is 13.2. The van der Waals surface area contributed by atoms with Crippen LogP contribution in [-0.4, -0.2) is 29.0 Å². The average Bonchev–Trinajstić information content (AvgIpc) is 2.60. The highest BCUT2D eigenvalue weighted by Gasteiger charge is 2.20. The van der Waals surface area contributed by atoms with Crippen LogP contribution >= 0.6 is 15.9 Å². The van der Waals surface area contributed by atoms with E-state index in [1.54, 1.807) is 0 Å². The van der Waals surface area contributed by atoms with Crippen LogP contribution in [0.25, 0.3) is 0 Å². The fourth-order valence-electron chi connectivity index (χ4n) is 1.99. The minimum atomic E-state index is -1.27. The Balaban J connectivity index is 1.80. The Kier molecular flexibility index (Phi) is 6.72.